The number of halogens is 1. The second-order valence-electron chi connectivity index (χ2n) is 8.01. The summed E-state index contributed by atoms with van der Waals surface area (Å²) in [4.78, 5) is 43.1. The summed E-state index contributed by atoms with van der Waals surface area (Å²) in [5.74, 6) is -0.891. The molecule has 30 heavy (non-hydrogen) atoms. The van der Waals surface area contributed by atoms with Crippen molar-refractivity contribution >= 4 is 28.5 Å². The van der Waals surface area contributed by atoms with E-state index in [0.29, 0.717) is 18.8 Å². The molecule has 3 aromatic rings. The van der Waals surface area contributed by atoms with Crippen molar-refractivity contribution in [2.45, 2.75) is 31.3 Å². The molecule has 0 radical (unpaired) electrons. The number of imide groups is 1. The van der Waals surface area contributed by atoms with Crippen molar-refractivity contribution in [2.24, 2.45) is 0 Å². The molecular weight excluding hydrogens is 387 g/mol. The van der Waals surface area contributed by atoms with Gasteiger partial charge in [-0.15, -0.1) is 0 Å². The monoisotopic (exact) mass is 409 g/mol. The van der Waals surface area contributed by atoms with Crippen LogP contribution in [0, 0.1) is 5.82 Å². The molecule has 0 aliphatic carbocycles. The van der Waals surface area contributed by atoms with E-state index >= 15 is 0 Å². The first-order valence-electron chi connectivity index (χ1n) is 10.2. The van der Waals surface area contributed by atoms with Gasteiger partial charge in [0, 0.05) is 18.9 Å². The minimum Gasteiger partial charge on any atom is -0.324 e. The number of likely N-dealkylation sites (tertiary alicyclic amines) is 1. The maximum atomic E-state index is 13.2. The number of para-hydroxylation sites is 2. The van der Waals surface area contributed by atoms with Gasteiger partial charge in [0.2, 0.25) is 5.91 Å². The maximum absolute atomic E-state index is 13.2. The lowest BCUT2D eigenvalue weighted by Crippen LogP contribution is -3.17. The molecule has 8 heteroatoms. The Hall–Kier alpha value is -3.26. The third-order valence-corrected chi connectivity index (χ3v) is 6.31. The van der Waals surface area contributed by atoms with Crippen molar-refractivity contribution in [3.63, 3.8) is 0 Å². The lowest BCUT2D eigenvalue weighted by atomic mass is 10.0. The van der Waals surface area contributed by atoms with Gasteiger partial charge in [-0.25, -0.2) is 14.1 Å². The number of nitrogens with one attached hydrogen (secondary N) is 2. The summed E-state index contributed by atoms with van der Waals surface area (Å²) in [7, 11) is 0. The molecule has 1 aromatic heterocycles. The van der Waals surface area contributed by atoms with Crippen LogP contribution in [0.1, 0.15) is 25.3 Å². The Morgan fingerprint density at radius 3 is 2.40 bits per heavy atom. The summed E-state index contributed by atoms with van der Waals surface area (Å²) in [6.07, 6.45) is 1.67. The molecule has 0 spiro atoms. The van der Waals surface area contributed by atoms with Crippen LogP contribution in [0.25, 0.3) is 11.0 Å². The number of hydrogen-bond donors (Lipinski definition) is 2. The number of rotatable bonds is 3. The molecule has 154 valence electrons. The van der Waals surface area contributed by atoms with Crippen molar-refractivity contribution in [1.29, 1.82) is 0 Å². The van der Waals surface area contributed by atoms with Crippen LogP contribution in [0.2, 0.25) is 0 Å². The van der Waals surface area contributed by atoms with Crippen LogP contribution in [-0.4, -0.2) is 40.5 Å². The standard InChI is InChI=1S/C22H21FN4O3/c23-14-5-7-15(8-6-14)27-20(28)13-19(21(27)29)25-11-9-16(10-12-25)26-18-4-2-1-3-17(18)24-22(26)30/h1-8,16,19H,9-13H2,(H,24,30)/p+1/t19-/m1/s1. The molecular formula is C22H22FN4O3+. The predicted molar refractivity (Wildman–Crippen MR) is 109 cm³/mol. The number of hydrogen-bond acceptors (Lipinski definition) is 3. The Kier molecular flexibility index (Phi) is 4.51. The van der Waals surface area contributed by atoms with E-state index in [0.717, 1.165) is 28.8 Å². The van der Waals surface area contributed by atoms with Gasteiger partial charge >= 0.3 is 5.69 Å². The zero-order valence-corrected chi connectivity index (χ0v) is 16.3. The molecule has 2 amide bonds. The third kappa shape index (κ3) is 3.04. The Bertz CT molecular complexity index is 1180. The molecule has 2 aliphatic heterocycles. The SMILES string of the molecule is O=C1C[C@@H]([NH+]2CCC(n3c(=O)[nH]c4ccccc43)CC2)C(=O)N1c1ccc(F)cc1. The lowest BCUT2D eigenvalue weighted by Gasteiger charge is -2.32. The zero-order chi connectivity index (χ0) is 20.8. The van der Waals surface area contributed by atoms with E-state index < -0.39 is 11.9 Å². The number of anilines is 1. The molecule has 2 fully saturated rings. The van der Waals surface area contributed by atoms with Gasteiger partial charge in [0.1, 0.15) is 5.82 Å². The van der Waals surface area contributed by atoms with Gasteiger partial charge in [0.05, 0.1) is 36.2 Å². The van der Waals surface area contributed by atoms with Gasteiger partial charge in [-0.1, -0.05) is 12.1 Å². The second-order valence-corrected chi connectivity index (χ2v) is 8.01. The van der Waals surface area contributed by atoms with Crippen LogP contribution in [0.4, 0.5) is 10.1 Å². The molecule has 0 unspecified atom stereocenters. The normalized spacial score (nSPS) is 24.7. The summed E-state index contributed by atoms with van der Waals surface area (Å²) >= 11 is 0. The molecule has 2 saturated heterocycles. The number of piperidine rings is 1. The zero-order valence-electron chi connectivity index (χ0n) is 16.3. The van der Waals surface area contributed by atoms with E-state index in [9.17, 15) is 18.8 Å². The smallest absolute Gasteiger partial charge is 0.324 e. The van der Waals surface area contributed by atoms with E-state index in [4.69, 9.17) is 0 Å². The molecule has 7 nitrogen and oxygen atoms in total. The van der Waals surface area contributed by atoms with E-state index in [1.165, 1.54) is 29.2 Å². The topological polar surface area (TPSA) is 79.6 Å². The van der Waals surface area contributed by atoms with Crippen molar-refractivity contribution in [3.05, 3.63) is 64.8 Å². The van der Waals surface area contributed by atoms with Gasteiger partial charge in [-0.05, 0) is 36.4 Å². The Morgan fingerprint density at radius 2 is 1.67 bits per heavy atom. The first-order chi connectivity index (χ1) is 14.5. The number of imidazole rings is 1. The first-order valence-corrected chi connectivity index (χ1v) is 10.2. The average molecular weight is 409 g/mol. The fourth-order valence-corrected chi connectivity index (χ4v) is 4.83. The summed E-state index contributed by atoms with van der Waals surface area (Å²) in [6.45, 7) is 1.41. The highest BCUT2D eigenvalue weighted by Crippen LogP contribution is 2.24. The molecule has 5 rings (SSSR count). The van der Waals surface area contributed by atoms with E-state index in [2.05, 4.69) is 4.98 Å². The fraction of sp³-hybridized carbons (Fsp3) is 0.318. The number of fused-ring (bicyclic) bond motifs is 1. The van der Waals surface area contributed by atoms with Crippen LogP contribution in [0.15, 0.2) is 53.3 Å². The summed E-state index contributed by atoms with van der Waals surface area (Å²) in [5.41, 5.74) is 2.02. The minimum atomic E-state index is -0.428. The van der Waals surface area contributed by atoms with E-state index in [-0.39, 0.29) is 30.0 Å². The number of carbonyl (C=O) groups excluding carboxylic acids is 2. The minimum absolute atomic E-state index is 0.0674. The summed E-state index contributed by atoms with van der Waals surface area (Å²) < 4.78 is 15.0. The van der Waals surface area contributed by atoms with Gasteiger partial charge in [-0.2, -0.15) is 0 Å². The van der Waals surface area contributed by atoms with E-state index in [1.54, 1.807) is 0 Å². The van der Waals surface area contributed by atoms with Crippen LogP contribution < -0.4 is 15.5 Å². The number of carbonyl (C=O) groups is 2. The van der Waals surface area contributed by atoms with Crippen LogP contribution >= 0.6 is 0 Å². The quantitative estimate of drug-likeness (QED) is 0.634. The number of benzene rings is 2. The summed E-state index contributed by atoms with van der Waals surface area (Å²) in [5, 5.41) is 0. The molecule has 2 aromatic carbocycles. The van der Waals surface area contributed by atoms with E-state index in [1.807, 2.05) is 28.8 Å². The van der Waals surface area contributed by atoms with Crippen LogP contribution in [0.3, 0.4) is 0 Å². The van der Waals surface area contributed by atoms with Gasteiger partial charge in [0.15, 0.2) is 6.04 Å². The fourth-order valence-electron chi connectivity index (χ4n) is 4.83. The van der Waals surface area contributed by atoms with Crippen molar-refractivity contribution in [1.82, 2.24) is 9.55 Å². The summed E-state index contributed by atoms with van der Waals surface area (Å²) in [6, 6.07) is 12.7. The molecule has 1 atom stereocenters. The van der Waals surface area contributed by atoms with Gasteiger partial charge in [-0.3, -0.25) is 14.2 Å². The van der Waals surface area contributed by atoms with Gasteiger partial charge in [0.25, 0.3) is 5.91 Å². The van der Waals surface area contributed by atoms with Crippen LogP contribution in [0.5, 0.6) is 0 Å². The first kappa shape index (κ1) is 18.7. The lowest BCUT2D eigenvalue weighted by molar-refractivity contribution is -0.920. The highest BCUT2D eigenvalue weighted by molar-refractivity contribution is 6.21. The number of nitrogens with zero attached hydrogens (tertiary/aromatic N) is 2. The molecule has 2 N–H and O–H groups in total. The highest BCUT2D eigenvalue weighted by atomic mass is 19.1. The predicted octanol–water partition coefficient (Wildman–Crippen LogP) is 1.02. The average Bonchev–Trinajstić information content (AvgIpc) is 3.24. The number of quaternary nitrogens is 1. The number of aromatic amines is 1. The second kappa shape index (κ2) is 7.21. The number of amides is 2. The van der Waals surface area contributed by atoms with Crippen molar-refractivity contribution in [3.8, 4) is 0 Å². The Labute approximate surface area is 171 Å². The van der Waals surface area contributed by atoms with Crippen molar-refractivity contribution in [2.75, 3.05) is 18.0 Å². The number of H-pyrrole nitrogens is 1. The largest absolute Gasteiger partial charge is 0.326 e. The molecule has 0 saturated carbocycles. The maximum Gasteiger partial charge on any atom is 0.326 e. The van der Waals surface area contributed by atoms with Crippen LogP contribution in [-0.2, 0) is 9.59 Å². The molecule has 2 aliphatic rings. The van der Waals surface area contributed by atoms with Crippen molar-refractivity contribution < 1.29 is 18.9 Å². The highest BCUT2D eigenvalue weighted by Gasteiger charge is 2.46. The molecule has 0 bridgehead atoms. The van der Waals surface area contributed by atoms with Gasteiger partial charge < -0.3 is 9.88 Å². The Morgan fingerprint density at radius 1 is 0.967 bits per heavy atom. The Balaban J connectivity index is 1.31. The number of aromatic nitrogens is 2. The third-order valence-electron chi connectivity index (χ3n) is 6.31. The molecule has 3 heterocycles.